The molecule has 1 atom stereocenters. The van der Waals surface area contributed by atoms with Gasteiger partial charge in [-0.15, -0.1) is 0 Å². The number of allylic oxidation sites excluding steroid dienone is 4. The minimum atomic E-state index is -0.189. The number of nitrogens with zero attached hydrogens (tertiary/aromatic N) is 3. The largest absolute Gasteiger partial charge is 0.287 e. The van der Waals surface area contributed by atoms with Gasteiger partial charge in [0.25, 0.3) is 17.4 Å². The van der Waals surface area contributed by atoms with Crippen LogP contribution in [0.25, 0.3) is 11.4 Å². The molecule has 1 unspecified atom stereocenters. The minimum absolute atomic E-state index is 0.189. The molecule has 0 aliphatic heterocycles. The van der Waals surface area contributed by atoms with Crippen LogP contribution in [-0.2, 0) is 0 Å². The second-order valence-electron chi connectivity index (χ2n) is 5.69. The number of aromatic nitrogens is 3. The topological polar surface area (TPSA) is 11.6 Å². The maximum Gasteiger partial charge on any atom is 0.287 e. The fourth-order valence-corrected chi connectivity index (χ4v) is 3.91. The van der Waals surface area contributed by atoms with E-state index in [-0.39, 0.29) is 6.04 Å². The third-order valence-corrected chi connectivity index (χ3v) is 4.92. The molecular weight excluding hydrogens is 353 g/mol. The summed E-state index contributed by atoms with van der Waals surface area (Å²) in [5.74, 6) is 0. The monoisotopic (exact) mass is 368 g/mol. The molecule has 1 aliphatic carbocycles. The van der Waals surface area contributed by atoms with Crippen LogP contribution >= 0.6 is 23.2 Å². The molecule has 3 nitrogen and oxygen atoms in total. The van der Waals surface area contributed by atoms with E-state index in [4.69, 9.17) is 23.2 Å². The average Bonchev–Trinajstić information content (AvgIpc) is 2.94. The number of rotatable bonds is 3. The highest BCUT2D eigenvalue weighted by Crippen LogP contribution is 2.42. The van der Waals surface area contributed by atoms with Crippen molar-refractivity contribution in [3.05, 3.63) is 102 Å². The average molecular weight is 369 g/mol. The number of hydrogen-bond acceptors (Lipinski definition) is 0. The summed E-state index contributed by atoms with van der Waals surface area (Å²) in [6.07, 6.45) is 11.9. The Hall–Kier alpha value is -2.49. The van der Waals surface area contributed by atoms with E-state index in [1.54, 1.807) is 0 Å². The van der Waals surface area contributed by atoms with Crippen LogP contribution in [0, 0.1) is 0 Å². The van der Waals surface area contributed by atoms with E-state index in [0.29, 0.717) is 10.1 Å². The summed E-state index contributed by atoms with van der Waals surface area (Å²) >= 11 is 13.7. The molecule has 0 fully saturated rings. The molecule has 0 saturated heterocycles. The maximum atomic E-state index is 6.85. The molecule has 25 heavy (non-hydrogen) atoms. The molecule has 0 spiro atoms. The SMILES string of the molecule is ClC1=C([n+]2ccccc2)C([n+]2ccccc2)C(Cl)=C1[n+]1ccccc1. The minimum Gasteiger partial charge on any atom is -0.187 e. The summed E-state index contributed by atoms with van der Waals surface area (Å²) in [6.45, 7) is 0. The van der Waals surface area contributed by atoms with Gasteiger partial charge >= 0.3 is 0 Å². The van der Waals surface area contributed by atoms with Gasteiger partial charge in [-0.3, -0.25) is 0 Å². The van der Waals surface area contributed by atoms with Crippen LogP contribution in [0.1, 0.15) is 6.04 Å². The van der Waals surface area contributed by atoms with Gasteiger partial charge < -0.3 is 0 Å². The van der Waals surface area contributed by atoms with E-state index in [9.17, 15) is 0 Å². The van der Waals surface area contributed by atoms with E-state index in [1.807, 2.05) is 101 Å². The number of hydrogen-bond donors (Lipinski definition) is 0. The van der Waals surface area contributed by atoms with Gasteiger partial charge in [0.2, 0.25) is 0 Å². The highest BCUT2D eigenvalue weighted by Gasteiger charge is 2.49. The molecule has 0 aromatic carbocycles. The smallest absolute Gasteiger partial charge is 0.187 e. The Balaban J connectivity index is 1.95. The first-order valence-electron chi connectivity index (χ1n) is 7.96. The van der Waals surface area contributed by atoms with E-state index in [2.05, 4.69) is 4.57 Å². The molecule has 4 rings (SSSR count). The van der Waals surface area contributed by atoms with Crippen molar-refractivity contribution in [1.29, 1.82) is 0 Å². The van der Waals surface area contributed by atoms with Gasteiger partial charge in [0.05, 0.1) is 0 Å². The van der Waals surface area contributed by atoms with Gasteiger partial charge in [0.1, 0.15) is 0 Å². The Bertz CT molecular complexity index is 952. The zero-order valence-electron chi connectivity index (χ0n) is 13.3. The normalized spacial score (nSPS) is 17.3. The molecule has 3 aromatic heterocycles. The summed E-state index contributed by atoms with van der Waals surface area (Å²) in [5.41, 5.74) is 1.73. The Kier molecular flexibility index (Phi) is 4.35. The molecule has 0 saturated carbocycles. The van der Waals surface area contributed by atoms with Gasteiger partial charge in [0.15, 0.2) is 47.2 Å². The van der Waals surface area contributed by atoms with Gasteiger partial charge in [-0.1, -0.05) is 41.4 Å². The van der Waals surface area contributed by atoms with Crippen LogP contribution < -0.4 is 13.7 Å². The molecule has 3 heterocycles. The van der Waals surface area contributed by atoms with E-state index in [1.165, 1.54) is 0 Å². The lowest BCUT2D eigenvalue weighted by Crippen LogP contribution is -2.46. The summed E-state index contributed by atoms with van der Waals surface area (Å²) in [5, 5.41) is 1.32. The molecule has 0 bridgehead atoms. The molecule has 1 aliphatic rings. The van der Waals surface area contributed by atoms with Gasteiger partial charge in [0, 0.05) is 36.4 Å². The predicted molar refractivity (Wildman–Crippen MR) is 97.1 cm³/mol. The number of pyridine rings is 3. The van der Waals surface area contributed by atoms with Crippen LogP contribution in [0.4, 0.5) is 0 Å². The second kappa shape index (κ2) is 6.79. The van der Waals surface area contributed by atoms with E-state index in [0.717, 1.165) is 11.4 Å². The third-order valence-electron chi connectivity index (χ3n) is 4.16. The predicted octanol–water partition coefficient (Wildman–Crippen LogP) is 3.32. The van der Waals surface area contributed by atoms with Crippen LogP contribution in [-0.4, -0.2) is 0 Å². The summed E-state index contributed by atoms with van der Waals surface area (Å²) in [7, 11) is 0. The molecule has 5 heteroatoms. The number of halogens is 2. The van der Waals surface area contributed by atoms with E-state index < -0.39 is 0 Å². The van der Waals surface area contributed by atoms with Crippen molar-refractivity contribution < 1.29 is 13.7 Å². The van der Waals surface area contributed by atoms with Crippen molar-refractivity contribution in [2.45, 2.75) is 6.04 Å². The van der Waals surface area contributed by atoms with Gasteiger partial charge in [-0.2, -0.15) is 13.7 Å². The Morgan fingerprint density at radius 2 is 1.08 bits per heavy atom. The highest BCUT2D eigenvalue weighted by atomic mass is 35.5. The third kappa shape index (κ3) is 2.86. The van der Waals surface area contributed by atoms with Crippen LogP contribution in [0.5, 0.6) is 0 Å². The first kappa shape index (κ1) is 16.0. The van der Waals surface area contributed by atoms with Crippen molar-refractivity contribution in [2.75, 3.05) is 0 Å². The highest BCUT2D eigenvalue weighted by molar-refractivity contribution is 6.43. The zero-order valence-corrected chi connectivity index (χ0v) is 14.8. The van der Waals surface area contributed by atoms with Crippen molar-refractivity contribution in [3.63, 3.8) is 0 Å². The lowest BCUT2D eigenvalue weighted by Gasteiger charge is -2.06. The quantitative estimate of drug-likeness (QED) is 0.628. The van der Waals surface area contributed by atoms with Crippen molar-refractivity contribution in [3.8, 4) is 0 Å². The lowest BCUT2D eigenvalue weighted by atomic mass is 10.2. The summed E-state index contributed by atoms with van der Waals surface area (Å²) in [4.78, 5) is 0. The first-order valence-corrected chi connectivity index (χ1v) is 8.72. The van der Waals surface area contributed by atoms with Crippen molar-refractivity contribution in [1.82, 2.24) is 0 Å². The Labute approximate surface area is 156 Å². The fraction of sp³-hybridized carbons (Fsp3) is 0.0500. The molecule has 122 valence electrons. The fourth-order valence-electron chi connectivity index (χ4n) is 3.05. The maximum absolute atomic E-state index is 6.85. The van der Waals surface area contributed by atoms with E-state index >= 15 is 0 Å². The molecule has 0 radical (unpaired) electrons. The summed E-state index contributed by atoms with van der Waals surface area (Å²) in [6, 6.07) is 17.6. The zero-order chi connectivity index (χ0) is 17.2. The second-order valence-corrected chi connectivity index (χ2v) is 6.47. The van der Waals surface area contributed by atoms with Crippen LogP contribution in [0.2, 0.25) is 0 Å². The molecular formula is C20H16Cl2N3+3. The standard InChI is InChI=1S/C20H16Cl2N3/c21-16-18(23-10-4-1-5-11-23)17(22)20(25-14-8-3-9-15-25)19(16)24-12-6-2-7-13-24/h1-15,19H/q+3. The molecule has 0 N–H and O–H groups in total. The molecule has 0 amide bonds. The van der Waals surface area contributed by atoms with Gasteiger partial charge in [-0.05, 0) is 0 Å². The Morgan fingerprint density at radius 1 is 0.600 bits per heavy atom. The molecule has 3 aromatic rings. The van der Waals surface area contributed by atoms with Gasteiger partial charge in [-0.25, -0.2) is 0 Å². The van der Waals surface area contributed by atoms with Crippen molar-refractivity contribution >= 4 is 34.6 Å². The Morgan fingerprint density at radius 3 is 1.64 bits per heavy atom. The van der Waals surface area contributed by atoms with Crippen LogP contribution in [0.3, 0.4) is 0 Å². The first-order chi connectivity index (χ1) is 12.3. The summed E-state index contributed by atoms with van der Waals surface area (Å²) < 4.78 is 6.04. The van der Waals surface area contributed by atoms with Crippen LogP contribution in [0.15, 0.2) is 102 Å². The lowest BCUT2D eigenvalue weighted by molar-refractivity contribution is -0.724. The van der Waals surface area contributed by atoms with Crippen molar-refractivity contribution in [2.24, 2.45) is 0 Å².